The molecule has 176 valence electrons. The van der Waals surface area contributed by atoms with E-state index >= 15 is 0 Å². The monoisotopic (exact) mass is 478 g/mol. The summed E-state index contributed by atoms with van der Waals surface area (Å²) in [6.07, 6.45) is 5.85. The molecule has 4 aromatic rings. The molecular formula is C26H27ClN4O3. The molecule has 0 saturated carbocycles. The molecule has 0 N–H and O–H groups in total. The van der Waals surface area contributed by atoms with Gasteiger partial charge in [0.25, 0.3) is 5.56 Å². The zero-order valence-corrected chi connectivity index (χ0v) is 20.0. The molecule has 1 saturated heterocycles. The van der Waals surface area contributed by atoms with Crippen LogP contribution in [-0.2, 0) is 0 Å². The summed E-state index contributed by atoms with van der Waals surface area (Å²) in [7, 11) is 1.60. The summed E-state index contributed by atoms with van der Waals surface area (Å²) in [5.41, 5.74) is 2.82. The predicted molar refractivity (Wildman–Crippen MR) is 134 cm³/mol. The highest BCUT2D eigenvalue weighted by Crippen LogP contribution is 2.30. The van der Waals surface area contributed by atoms with Gasteiger partial charge in [-0.15, -0.1) is 0 Å². The van der Waals surface area contributed by atoms with E-state index in [0.717, 1.165) is 24.2 Å². The van der Waals surface area contributed by atoms with E-state index in [0.29, 0.717) is 40.4 Å². The van der Waals surface area contributed by atoms with Crippen molar-refractivity contribution >= 4 is 17.1 Å². The van der Waals surface area contributed by atoms with Crippen LogP contribution < -0.4 is 15.0 Å². The summed E-state index contributed by atoms with van der Waals surface area (Å²) in [5.74, 6) is 1.24. The molecule has 0 radical (unpaired) electrons. The van der Waals surface area contributed by atoms with Crippen molar-refractivity contribution in [2.24, 2.45) is 0 Å². The van der Waals surface area contributed by atoms with Crippen LogP contribution in [0.5, 0.6) is 11.5 Å². The molecule has 7 nitrogen and oxygen atoms in total. The van der Waals surface area contributed by atoms with E-state index in [-0.39, 0.29) is 5.56 Å². The Balaban J connectivity index is 1.41. The van der Waals surface area contributed by atoms with E-state index < -0.39 is 0 Å². The molecule has 1 aliphatic rings. The van der Waals surface area contributed by atoms with Gasteiger partial charge < -0.3 is 9.47 Å². The summed E-state index contributed by atoms with van der Waals surface area (Å²) in [4.78, 5) is 15.7. The van der Waals surface area contributed by atoms with Crippen LogP contribution in [0.4, 0.5) is 0 Å². The highest BCUT2D eigenvalue weighted by atomic mass is 35.5. The average Bonchev–Trinajstić information content (AvgIpc) is 3.54. The highest BCUT2D eigenvalue weighted by molar-refractivity contribution is 6.30. The van der Waals surface area contributed by atoms with E-state index in [1.807, 2.05) is 48.7 Å². The maximum absolute atomic E-state index is 13.3. The molecule has 0 amide bonds. The molecular weight excluding hydrogens is 452 g/mol. The Morgan fingerprint density at radius 3 is 2.53 bits per heavy atom. The lowest BCUT2D eigenvalue weighted by atomic mass is 10.1. The summed E-state index contributed by atoms with van der Waals surface area (Å²) in [6.45, 7) is 5.01. The van der Waals surface area contributed by atoms with Crippen LogP contribution in [0.2, 0.25) is 5.02 Å². The van der Waals surface area contributed by atoms with Crippen LogP contribution in [0.1, 0.15) is 19.8 Å². The smallest absolute Gasteiger partial charge is 0.282 e. The zero-order valence-electron chi connectivity index (χ0n) is 19.3. The number of hydrogen-bond acceptors (Lipinski definition) is 5. The van der Waals surface area contributed by atoms with E-state index in [9.17, 15) is 4.79 Å². The van der Waals surface area contributed by atoms with Crippen LogP contribution in [-0.4, -0.2) is 51.9 Å². The van der Waals surface area contributed by atoms with Gasteiger partial charge in [0.15, 0.2) is 11.5 Å². The number of benzene rings is 2. The van der Waals surface area contributed by atoms with Gasteiger partial charge in [0.05, 0.1) is 12.8 Å². The molecule has 1 fully saturated rings. The minimum atomic E-state index is -0.173. The molecule has 0 aliphatic carbocycles. The van der Waals surface area contributed by atoms with Crippen LogP contribution in [0.15, 0.2) is 65.8 Å². The SMILES string of the molecule is COc1cc(-n2cnn3cc(-c4ccc(Cl)cc4)cc3c2=O)ccc1OCC(C)N1CCCC1. The lowest BCUT2D eigenvalue weighted by Crippen LogP contribution is -2.34. The van der Waals surface area contributed by atoms with Gasteiger partial charge in [0.2, 0.25) is 0 Å². The molecule has 3 heterocycles. The van der Waals surface area contributed by atoms with Crippen molar-refractivity contribution in [3.8, 4) is 28.3 Å². The Hall–Kier alpha value is -3.29. The van der Waals surface area contributed by atoms with E-state index in [1.165, 1.54) is 23.7 Å². The third kappa shape index (κ3) is 4.41. The zero-order chi connectivity index (χ0) is 23.7. The fourth-order valence-electron chi connectivity index (χ4n) is 4.40. The maximum Gasteiger partial charge on any atom is 0.282 e. The van der Waals surface area contributed by atoms with E-state index in [2.05, 4.69) is 16.9 Å². The standard InChI is InChI=1S/C26H27ClN4O3/c1-18(29-11-3-4-12-29)16-34-24-10-9-22(14-25(24)33-2)30-17-28-31-15-20(13-23(31)26(30)32)19-5-7-21(27)8-6-19/h5-10,13-15,17-18H,3-4,11-12,16H2,1-2H3. The first-order chi connectivity index (χ1) is 16.5. The number of hydrogen-bond donors (Lipinski definition) is 0. The molecule has 8 heteroatoms. The minimum Gasteiger partial charge on any atom is -0.493 e. The number of halogens is 1. The highest BCUT2D eigenvalue weighted by Gasteiger charge is 2.19. The molecule has 1 atom stereocenters. The van der Waals surface area contributed by atoms with Crippen molar-refractivity contribution in [1.82, 2.24) is 19.1 Å². The Morgan fingerprint density at radius 2 is 1.79 bits per heavy atom. The molecule has 0 bridgehead atoms. The van der Waals surface area contributed by atoms with Crippen LogP contribution in [0.25, 0.3) is 22.3 Å². The number of fused-ring (bicyclic) bond motifs is 1. The van der Waals surface area contributed by atoms with Gasteiger partial charge in [-0.05, 0) is 68.8 Å². The summed E-state index contributed by atoms with van der Waals surface area (Å²) in [6, 6.07) is 15.2. The van der Waals surface area contributed by atoms with E-state index in [1.54, 1.807) is 17.7 Å². The van der Waals surface area contributed by atoms with Gasteiger partial charge in [-0.3, -0.25) is 14.3 Å². The molecule has 0 spiro atoms. The number of ether oxygens (including phenoxy) is 2. The molecule has 34 heavy (non-hydrogen) atoms. The van der Waals surface area contributed by atoms with Gasteiger partial charge in [-0.1, -0.05) is 23.7 Å². The first-order valence-electron chi connectivity index (χ1n) is 11.4. The minimum absolute atomic E-state index is 0.173. The summed E-state index contributed by atoms with van der Waals surface area (Å²) < 4.78 is 14.8. The van der Waals surface area contributed by atoms with Gasteiger partial charge in [0, 0.05) is 28.9 Å². The molecule has 2 aromatic carbocycles. The Morgan fingerprint density at radius 1 is 1.03 bits per heavy atom. The molecule has 1 unspecified atom stereocenters. The van der Waals surface area contributed by atoms with Gasteiger partial charge >= 0.3 is 0 Å². The molecule has 1 aliphatic heterocycles. The lowest BCUT2D eigenvalue weighted by molar-refractivity contribution is 0.169. The summed E-state index contributed by atoms with van der Waals surface area (Å²) in [5, 5.41) is 5.11. The van der Waals surface area contributed by atoms with Crippen molar-refractivity contribution < 1.29 is 9.47 Å². The largest absolute Gasteiger partial charge is 0.493 e. The second kappa shape index (κ2) is 9.52. The number of methoxy groups -OCH3 is 1. The van der Waals surface area contributed by atoms with E-state index in [4.69, 9.17) is 21.1 Å². The Labute approximate surface area is 203 Å². The van der Waals surface area contributed by atoms with Crippen molar-refractivity contribution in [1.29, 1.82) is 0 Å². The van der Waals surface area contributed by atoms with Crippen molar-refractivity contribution in [2.45, 2.75) is 25.8 Å². The maximum atomic E-state index is 13.3. The first kappa shape index (κ1) is 22.5. The van der Waals surface area contributed by atoms with Gasteiger partial charge in [-0.2, -0.15) is 5.10 Å². The second-order valence-electron chi connectivity index (χ2n) is 8.61. The average molecular weight is 479 g/mol. The fourth-order valence-corrected chi connectivity index (χ4v) is 4.52. The van der Waals surface area contributed by atoms with Crippen LogP contribution >= 0.6 is 11.6 Å². The molecule has 5 rings (SSSR count). The third-order valence-corrected chi connectivity index (χ3v) is 6.63. The number of nitrogens with zero attached hydrogens (tertiary/aromatic N) is 4. The second-order valence-corrected chi connectivity index (χ2v) is 9.05. The fraction of sp³-hybridized carbons (Fsp3) is 0.308. The normalized spacial score (nSPS) is 15.0. The lowest BCUT2D eigenvalue weighted by Gasteiger charge is -2.24. The van der Waals surface area contributed by atoms with Gasteiger partial charge in [-0.25, -0.2) is 4.52 Å². The first-order valence-corrected chi connectivity index (χ1v) is 11.8. The van der Waals surface area contributed by atoms with Crippen molar-refractivity contribution in [2.75, 3.05) is 26.8 Å². The topological polar surface area (TPSA) is 61.0 Å². The van der Waals surface area contributed by atoms with Crippen LogP contribution in [0, 0.1) is 0 Å². The number of likely N-dealkylation sites (tertiary alicyclic amines) is 1. The van der Waals surface area contributed by atoms with Gasteiger partial charge in [0.1, 0.15) is 18.5 Å². The Kier molecular flexibility index (Phi) is 6.30. The Bertz CT molecular complexity index is 1360. The summed E-state index contributed by atoms with van der Waals surface area (Å²) >= 11 is 6.00. The predicted octanol–water partition coefficient (Wildman–Crippen LogP) is 4.68. The number of aromatic nitrogens is 3. The molecule has 2 aromatic heterocycles. The van der Waals surface area contributed by atoms with Crippen molar-refractivity contribution in [3.63, 3.8) is 0 Å². The number of rotatable bonds is 7. The van der Waals surface area contributed by atoms with Crippen LogP contribution in [0.3, 0.4) is 0 Å². The quantitative estimate of drug-likeness (QED) is 0.386. The van der Waals surface area contributed by atoms with Crippen molar-refractivity contribution in [3.05, 3.63) is 76.4 Å². The third-order valence-electron chi connectivity index (χ3n) is 6.38.